The Morgan fingerprint density at radius 2 is 0.480 bits per heavy atom. The van der Waals surface area contributed by atoms with E-state index in [-0.39, 0.29) is 36.9 Å². The monoisotopic (exact) mass is 1340 g/mol. The summed E-state index contributed by atoms with van der Waals surface area (Å²) in [5.74, 6) is 2.51. The summed E-state index contributed by atoms with van der Waals surface area (Å²) in [5, 5.41) is 7.33. The van der Waals surface area contributed by atoms with Crippen molar-refractivity contribution >= 4 is 0 Å². The smallest absolute Gasteiger partial charge is 0.445 e. The van der Waals surface area contributed by atoms with Crippen LogP contribution in [0.1, 0.15) is 68.2 Å². The summed E-state index contributed by atoms with van der Waals surface area (Å²) in [7, 11) is 0. The first-order valence-electron chi connectivity index (χ1n) is 34.5. The van der Waals surface area contributed by atoms with Crippen LogP contribution in [0.5, 0.6) is 23.0 Å². The van der Waals surface area contributed by atoms with E-state index >= 15 is 0 Å². The Bertz CT molecular complexity index is 3610. The van der Waals surface area contributed by atoms with Crippen molar-refractivity contribution in [3.05, 3.63) is 278 Å². The van der Waals surface area contributed by atoms with Crippen molar-refractivity contribution in [3.8, 4) is 23.0 Å². The molecule has 2 N–H and O–H groups in total. The van der Waals surface area contributed by atoms with Gasteiger partial charge < -0.3 is 67.5 Å². The maximum absolute atomic E-state index is 6.71. The van der Waals surface area contributed by atoms with Gasteiger partial charge in [0.1, 0.15) is 52.9 Å². The van der Waals surface area contributed by atoms with Crippen LogP contribution in [-0.2, 0) is 64.1 Å². The first kappa shape index (κ1) is 71.1. The number of hydrogen-bond donors (Lipinski definition) is 2. The lowest BCUT2D eigenvalue weighted by Gasteiger charge is -2.53. The van der Waals surface area contributed by atoms with Crippen LogP contribution in [-0.4, -0.2) is 159 Å². The van der Waals surface area contributed by atoms with Gasteiger partial charge in [0.15, 0.2) is 23.0 Å². The molecule has 0 radical (unpaired) electrons. The Labute approximate surface area is 574 Å². The second kappa shape index (κ2) is 40.6. The zero-order valence-electron chi connectivity index (χ0n) is 56.1. The molecule has 2 aliphatic heterocycles. The van der Waals surface area contributed by atoms with E-state index in [1.165, 1.54) is 33.4 Å². The van der Waals surface area contributed by atoms with Crippen LogP contribution >= 0.6 is 0 Å². The molecule has 8 aromatic rings. The van der Waals surface area contributed by atoms with Crippen LogP contribution in [0.2, 0.25) is 0 Å². The zero-order chi connectivity index (χ0) is 66.7. The molecule has 0 unspecified atom stereocenters. The molecule has 0 amide bonds. The minimum atomic E-state index is -0.0322. The lowest BCUT2D eigenvalue weighted by molar-refractivity contribution is 0.0362. The summed E-state index contributed by atoms with van der Waals surface area (Å²) in [6.07, 6.45) is 0. The molecule has 0 spiro atoms. The van der Waals surface area contributed by atoms with Gasteiger partial charge in [0.2, 0.25) is 0 Å². The molecule has 2 heterocycles. The predicted octanol–water partition coefficient (Wildman–Crippen LogP) is 9.25. The second-order valence-electron chi connectivity index (χ2n) is 23.8. The summed E-state index contributed by atoms with van der Waals surface area (Å²) < 4.78 is 98.1. The second-order valence-corrected chi connectivity index (χ2v) is 23.8. The maximum Gasteiger partial charge on any atom is 0.445 e. The molecule has 0 saturated heterocycles. The summed E-state index contributed by atoms with van der Waals surface area (Å²) in [4.78, 5) is 0. The van der Waals surface area contributed by atoms with Gasteiger partial charge in [-0.25, -0.2) is 17.7 Å². The Morgan fingerprint density at radius 3 is 0.796 bits per heavy atom. The van der Waals surface area contributed by atoms with Crippen LogP contribution in [0.25, 0.3) is 0 Å². The SMILES string of the molecule is c1ccc(CNCc2ccc(C3C(c4ccc5c(c4)=[O+]CCOCCOCCOc4ccccc4OCCOCCOCC[O+]=5)C(c4ccc(CNCc5ccccc5)cc4)C3c3ccc4c(c3)=[O+]CCOCCOCCOc3ccccc3OCCOCCOCC[O+]=4)cc2)cc1. The lowest BCUT2D eigenvalue weighted by Crippen LogP contribution is -2.42. The van der Waals surface area contributed by atoms with Gasteiger partial charge in [0.05, 0.1) is 104 Å². The highest BCUT2D eigenvalue weighted by molar-refractivity contribution is 5.49. The van der Waals surface area contributed by atoms with E-state index in [1.54, 1.807) is 0 Å². The topological polar surface area (TPSA) is 180 Å². The van der Waals surface area contributed by atoms with Crippen LogP contribution in [0.3, 0.4) is 0 Å². The van der Waals surface area contributed by atoms with Crippen molar-refractivity contribution < 1.29 is 56.8 Å². The Morgan fingerprint density at radius 1 is 0.235 bits per heavy atom. The third-order valence-electron chi connectivity index (χ3n) is 17.1. The third kappa shape index (κ3) is 22.4. The Kier molecular flexibility index (Phi) is 29.4. The fourth-order valence-electron chi connectivity index (χ4n) is 12.3. The van der Waals surface area contributed by atoms with Gasteiger partial charge in [0.25, 0.3) is 26.4 Å². The fraction of sp³-hybridized carbons (Fsp3) is 0.400. The van der Waals surface area contributed by atoms with E-state index in [1.807, 2.05) is 72.8 Å². The first-order valence-corrected chi connectivity index (χ1v) is 34.5. The molecule has 11 rings (SSSR count). The van der Waals surface area contributed by atoms with Crippen molar-refractivity contribution in [3.63, 3.8) is 0 Å². The van der Waals surface area contributed by atoms with E-state index in [2.05, 4.69) is 132 Å². The number of rotatable bonds is 12. The van der Waals surface area contributed by atoms with Gasteiger partial charge in [-0.2, -0.15) is 0 Å². The minimum absolute atomic E-state index is 0.0166. The molecule has 3 aliphatic rings. The number of fused-ring (bicyclic) bond motifs is 4. The van der Waals surface area contributed by atoms with Crippen molar-refractivity contribution in [1.82, 2.24) is 10.6 Å². The highest BCUT2D eigenvalue weighted by Gasteiger charge is 2.53. The highest BCUT2D eigenvalue weighted by Crippen LogP contribution is 2.66. The molecule has 8 aromatic carbocycles. The fourth-order valence-corrected chi connectivity index (χ4v) is 12.3. The summed E-state index contributed by atoms with van der Waals surface area (Å²) in [5.41, 5.74) is 12.0. The molecule has 0 bridgehead atoms. The van der Waals surface area contributed by atoms with E-state index in [0.29, 0.717) is 190 Å². The van der Waals surface area contributed by atoms with Crippen molar-refractivity contribution in [1.29, 1.82) is 0 Å². The summed E-state index contributed by atoms with van der Waals surface area (Å²) in [6, 6.07) is 67.3. The van der Waals surface area contributed by atoms with Crippen molar-refractivity contribution in [2.45, 2.75) is 49.9 Å². The Hall–Kier alpha value is -8.24. The predicted molar refractivity (Wildman–Crippen MR) is 379 cm³/mol. The standard InChI is InChI=1S/C80H94N2O16/c1-3-11-61(12-4-1)57-81-59-63-19-23-65(24-20-63)77-79(67-27-29-73-75(55-67)97-53-45-89-37-35-85-41-49-93-71-17-9-7-15-69(71)91-47-39-83-31-33-87-43-51-95-73)78(66-25-21-64(22-26-66)60-82-58-62-13-5-2-6-14-62)80(77)68-28-30-74-76(56-68)98-54-46-90-38-36-86-42-50-94-72-18-10-8-16-70(72)92-48-40-84-32-34-88-44-52-96-74/h1-30,55-56,77-82H,31-54,57-60H2/q+4. The number of para-hydroxylation sites is 4. The molecule has 1 saturated carbocycles. The Balaban J connectivity index is 0.901. The normalized spacial score (nSPS) is 19.8. The maximum atomic E-state index is 6.71. The van der Waals surface area contributed by atoms with Crippen molar-refractivity contribution in [2.75, 3.05) is 159 Å². The molecule has 98 heavy (non-hydrogen) atoms. The zero-order valence-corrected chi connectivity index (χ0v) is 56.1. The molecular weight excluding hydrogens is 1240 g/mol. The van der Waals surface area contributed by atoms with Crippen LogP contribution in [0, 0.1) is 0 Å². The average molecular weight is 1340 g/mol. The van der Waals surface area contributed by atoms with Gasteiger partial charge >= 0.3 is 21.7 Å². The molecule has 0 aromatic heterocycles. The largest absolute Gasteiger partial charge is 0.487 e. The van der Waals surface area contributed by atoms with Gasteiger partial charge in [-0.3, -0.25) is 0 Å². The highest BCUT2D eigenvalue weighted by atomic mass is 16.6. The van der Waals surface area contributed by atoms with Crippen LogP contribution in [0.4, 0.5) is 0 Å². The van der Waals surface area contributed by atoms with Crippen LogP contribution < -0.4 is 51.3 Å². The lowest BCUT2D eigenvalue weighted by atomic mass is 9.49. The summed E-state index contributed by atoms with van der Waals surface area (Å²) in [6.45, 7) is 11.7. The molecule has 0 atom stereocenters. The first-order chi connectivity index (χ1) is 48.7. The minimum Gasteiger partial charge on any atom is -0.487 e. The number of ether oxygens (including phenoxy) is 12. The quantitative estimate of drug-likeness (QED) is 0.0873. The van der Waals surface area contributed by atoms with Gasteiger partial charge in [-0.05, 0) is 105 Å². The molecular formula is C80H94N2O16+4. The van der Waals surface area contributed by atoms with E-state index in [4.69, 9.17) is 74.5 Å². The number of benzene rings is 8. The molecule has 516 valence electrons. The number of hydrogen-bond acceptors (Lipinski definition) is 14. The van der Waals surface area contributed by atoms with Crippen molar-refractivity contribution in [2.24, 2.45) is 0 Å². The van der Waals surface area contributed by atoms with E-state index in [0.717, 1.165) is 37.3 Å². The van der Waals surface area contributed by atoms with E-state index < -0.39 is 0 Å². The van der Waals surface area contributed by atoms with Crippen LogP contribution in [0.15, 0.2) is 212 Å². The van der Waals surface area contributed by atoms with Gasteiger partial charge in [-0.1, -0.05) is 133 Å². The molecule has 1 fully saturated rings. The van der Waals surface area contributed by atoms with E-state index in [9.17, 15) is 0 Å². The van der Waals surface area contributed by atoms with Gasteiger partial charge in [0, 0.05) is 26.2 Å². The molecule has 18 heteroatoms. The molecule has 1 aliphatic carbocycles. The third-order valence-corrected chi connectivity index (χ3v) is 17.1. The summed E-state index contributed by atoms with van der Waals surface area (Å²) >= 11 is 0. The molecule has 18 nitrogen and oxygen atoms in total. The average Bonchev–Trinajstić information content (AvgIpc) is 0.713. The number of nitrogens with one attached hydrogen (secondary N) is 2. The van der Waals surface area contributed by atoms with Gasteiger partial charge in [-0.15, -0.1) is 0 Å².